The number of nitrogens with zero attached hydrogens (tertiary/aromatic N) is 1. The van der Waals surface area contributed by atoms with Gasteiger partial charge < -0.3 is 9.84 Å². The number of carboxylic acid groups (broad SMARTS) is 1. The number of ether oxygens (including phenoxy) is 1. The number of carboxylic acids is 1. The summed E-state index contributed by atoms with van der Waals surface area (Å²) in [6.07, 6.45) is 0.665. The molecule has 4 rings (SSSR count). The Bertz CT molecular complexity index is 875. The SMILES string of the molecule is CC1(C)CCN(C(=O)OCC2c3ccccc3-c3ccccc32)C(C(=O)O)C1. The van der Waals surface area contributed by atoms with Crippen molar-refractivity contribution < 1.29 is 19.4 Å². The zero-order valence-electron chi connectivity index (χ0n) is 16.2. The average molecular weight is 379 g/mol. The maximum absolute atomic E-state index is 12.7. The third-order valence-electron chi connectivity index (χ3n) is 6.01. The number of fused-ring (bicyclic) bond motifs is 3. The van der Waals surface area contributed by atoms with Crippen LogP contribution in [-0.2, 0) is 9.53 Å². The number of piperidine rings is 1. The second-order valence-corrected chi connectivity index (χ2v) is 8.47. The van der Waals surface area contributed by atoms with Crippen LogP contribution >= 0.6 is 0 Å². The summed E-state index contributed by atoms with van der Waals surface area (Å²) in [5, 5.41) is 9.58. The van der Waals surface area contributed by atoms with Gasteiger partial charge in [-0.15, -0.1) is 0 Å². The van der Waals surface area contributed by atoms with E-state index in [-0.39, 0.29) is 17.9 Å². The van der Waals surface area contributed by atoms with Gasteiger partial charge in [-0.05, 0) is 40.5 Å². The van der Waals surface area contributed by atoms with Crippen LogP contribution in [0.4, 0.5) is 4.79 Å². The Kier molecular flexibility index (Phi) is 4.61. The van der Waals surface area contributed by atoms with Gasteiger partial charge in [-0.25, -0.2) is 9.59 Å². The lowest BCUT2D eigenvalue weighted by Crippen LogP contribution is -2.52. The van der Waals surface area contributed by atoms with Crippen molar-refractivity contribution in [1.82, 2.24) is 4.90 Å². The van der Waals surface area contributed by atoms with Crippen LogP contribution in [-0.4, -0.2) is 41.3 Å². The van der Waals surface area contributed by atoms with Gasteiger partial charge in [-0.2, -0.15) is 0 Å². The number of likely N-dealkylation sites (tertiary alicyclic amines) is 1. The highest BCUT2D eigenvalue weighted by Crippen LogP contribution is 2.44. The molecule has 28 heavy (non-hydrogen) atoms. The predicted molar refractivity (Wildman–Crippen MR) is 106 cm³/mol. The van der Waals surface area contributed by atoms with Crippen LogP contribution in [0.25, 0.3) is 11.1 Å². The van der Waals surface area contributed by atoms with Gasteiger partial charge in [-0.1, -0.05) is 62.4 Å². The summed E-state index contributed by atoms with van der Waals surface area (Å²) < 4.78 is 5.65. The summed E-state index contributed by atoms with van der Waals surface area (Å²) in [6.45, 7) is 4.69. The molecule has 1 N–H and O–H groups in total. The summed E-state index contributed by atoms with van der Waals surface area (Å²) in [4.78, 5) is 25.8. The third-order valence-corrected chi connectivity index (χ3v) is 6.01. The molecule has 1 fully saturated rings. The van der Waals surface area contributed by atoms with Crippen LogP contribution in [0, 0.1) is 5.41 Å². The molecule has 5 nitrogen and oxygen atoms in total. The van der Waals surface area contributed by atoms with E-state index in [0.717, 1.165) is 17.5 Å². The molecule has 1 unspecified atom stereocenters. The lowest BCUT2D eigenvalue weighted by atomic mass is 9.79. The van der Waals surface area contributed by atoms with E-state index in [0.29, 0.717) is 13.0 Å². The van der Waals surface area contributed by atoms with Gasteiger partial charge in [-0.3, -0.25) is 4.90 Å². The Morgan fingerprint density at radius 1 is 1.07 bits per heavy atom. The topological polar surface area (TPSA) is 66.8 Å². The first-order valence-corrected chi connectivity index (χ1v) is 9.72. The van der Waals surface area contributed by atoms with E-state index < -0.39 is 18.1 Å². The van der Waals surface area contributed by atoms with E-state index in [9.17, 15) is 14.7 Å². The average Bonchev–Trinajstić information content (AvgIpc) is 2.99. The molecule has 146 valence electrons. The number of amides is 1. The van der Waals surface area contributed by atoms with E-state index in [1.165, 1.54) is 16.0 Å². The fourth-order valence-electron chi connectivity index (χ4n) is 4.43. The Morgan fingerprint density at radius 2 is 1.64 bits per heavy atom. The molecule has 1 heterocycles. The monoisotopic (exact) mass is 379 g/mol. The van der Waals surface area contributed by atoms with E-state index in [4.69, 9.17) is 4.74 Å². The minimum absolute atomic E-state index is 0.0270. The number of rotatable bonds is 3. The fraction of sp³-hybridized carbons (Fsp3) is 0.391. The standard InChI is InChI=1S/C23H25NO4/c1-23(2)11-12-24(20(13-23)21(25)26)22(27)28-14-19-17-9-5-3-7-15(17)16-8-4-6-10-18(16)19/h3-10,19-20H,11-14H2,1-2H3,(H,25,26). The molecular weight excluding hydrogens is 354 g/mol. The van der Waals surface area contributed by atoms with Crippen LogP contribution in [0.3, 0.4) is 0 Å². The van der Waals surface area contributed by atoms with Crippen molar-refractivity contribution in [3.05, 3.63) is 59.7 Å². The molecule has 0 saturated carbocycles. The molecule has 2 aliphatic rings. The van der Waals surface area contributed by atoms with Crippen LogP contribution < -0.4 is 0 Å². The number of carbonyl (C=O) groups is 2. The van der Waals surface area contributed by atoms with Gasteiger partial charge in [0.25, 0.3) is 0 Å². The molecule has 0 radical (unpaired) electrons. The first-order valence-electron chi connectivity index (χ1n) is 9.72. The van der Waals surface area contributed by atoms with E-state index in [2.05, 4.69) is 24.3 Å². The minimum atomic E-state index is -0.971. The van der Waals surface area contributed by atoms with Gasteiger partial charge >= 0.3 is 12.1 Å². The van der Waals surface area contributed by atoms with Crippen LogP contribution in [0.2, 0.25) is 0 Å². The van der Waals surface area contributed by atoms with Crippen molar-refractivity contribution in [3.63, 3.8) is 0 Å². The van der Waals surface area contributed by atoms with Gasteiger partial charge in [0.15, 0.2) is 0 Å². The first kappa shape index (κ1) is 18.5. The maximum atomic E-state index is 12.7. The summed E-state index contributed by atoms with van der Waals surface area (Å²) in [6, 6.07) is 15.5. The first-order chi connectivity index (χ1) is 13.4. The number of hydrogen-bond donors (Lipinski definition) is 1. The van der Waals surface area contributed by atoms with Crippen LogP contribution in [0.5, 0.6) is 0 Å². The molecule has 0 aromatic heterocycles. The van der Waals surface area contributed by atoms with Gasteiger partial charge in [0.2, 0.25) is 0 Å². The summed E-state index contributed by atoms with van der Waals surface area (Å²) in [7, 11) is 0. The van der Waals surface area contributed by atoms with Gasteiger partial charge in [0.05, 0.1) is 0 Å². The lowest BCUT2D eigenvalue weighted by Gasteiger charge is -2.40. The quantitative estimate of drug-likeness (QED) is 0.852. The lowest BCUT2D eigenvalue weighted by molar-refractivity contribution is -0.145. The number of benzene rings is 2. The highest BCUT2D eigenvalue weighted by molar-refractivity contribution is 5.81. The summed E-state index contributed by atoms with van der Waals surface area (Å²) >= 11 is 0. The van der Waals surface area contributed by atoms with Crippen molar-refractivity contribution in [3.8, 4) is 11.1 Å². The Morgan fingerprint density at radius 3 is 2.21 bits per heavy atom. The fourth-order valence-corrected chi connectivity index (χ4v) is 4.43. The number of hydrogen-bond acceptors (Lipinski definition) is 3. The normalized spacial score (nSPS) is 20.4. The molecule has 1 saturated heterocycles. The Balaban J connectivity index is 1.52. The number of carbonyl (C=O) groups excluding carboxylic acids is 1. The van der Waals surface area contributed by atoms with Crippen molar-refractivity contribution in [2.75, 3.05) is 13.2 Å². The van der Waals surface area contributed by atoms with Crippen molar-refractivity contribution in [1.29, 1.82) is 0 Å². The Labute approximate surface area is 164 Å². The minimum Gasteiger partial charge on any atom is -0.480 e. The smallest absolute Gasteiger partial charge is 0.410 e. The second-order valence-electron chi connectivity index (χ2n) is 8.47. The van der Waals surface area contributed by atoms with E-state index >= 15 is 0 Å². The van der Waals surface area contributed by atoms with Crippen molar-refractivity contribution >= 4 is 12.1 Å². The van der Waals surface area contributed by atoms with Gasteiger partial charge in [0.1, 0.15) is 12.6 Å². The molecule has 1 aliphatic heterocycles. The van der Waals surface area contributed by atoms with Crippen molar-refractivity contribution in [2.24, 2.45) is 5.41 Å². The van der Waals surface area contributed by atoms with Crippen LogP contribution in [0.1, 0.15) is 43.7 Å². The molecule has 1 amide bonds. The van der Waals surface area contributed by atoms with Crippen molar-refractivity contribution in [2.45, 2.75) is 38.6 Å². The molecule has 0 bridgehead atoms. The van der Waals surface area contributed by atoms with E-state index in [1.807, 2.05) is 38.1 Å². The molecule has 1 atom stereocenters. The Hall–Kier alpha value is -2.82. The highest BCUT2D eigenvalue weighted by atomic mass is 16.6. The molecule has 0 spiro atoms. The zero-order valence-corrected chi connectivity index (χ0v) is 16.2. The van der Waals surface area contributed by atoms with E-state index in [1.54, 1.807) is 0 Å². The summed E-state index contributed by atoms with van der Waals surface area (Å²) in [5.74, 6) is -0.998. The molecule has 1 aliphatic carbocycles. The molecular formula is C23H25NO4. The van der Waals surface area contributed by atoms with Crippen LogP contribution in [0.15, 0.2) is 48.5 Å². The maximum Gasteiger partial charge on any atom is 0.410 e. The predicted octanol–water partition coefficient (Wildman–Crippen LogP) is 4.51. The molecule has 5 heteroatoms. The second kappa shape index (κ2) is 6.97. The highest BCUT2D eigenvalue weighted by Gasteiger charge is 2.41. The zero-order chi connectivity index (χ0) is 19.9. The largest absolute Gasteiger partial charge is 0.480 e. The molecule has 2 aromatic rings. The molecule has 2 aromatic carbocycles. The van der Waals surface area contributed by atoms with Gasteiger partial charge in [0, 0.05) is 12.5 Å². The summed E-state index contributed by atoms with van der Waals surface area (Å²) in [5.41, 5.74) is 4.53. The third kappa shape index (κ3) is 3.26. The number of aliphatic carboxylic acids is 1.